The average molecular weight is 297 g/mol. The van der Waals surface area contributed by atoms with E-state index in [-0.39, 0.29) is 23.9 Å². The maximum Gasteiger partial charge on any atom is 0.358 e. The Morgan fingerprint density at radius 3 is 2.80 bits per heavy atom. The molecule has 106 valence electrons. The van der Waals surface area contributed by atoms with Gasteiger partial charge in [0.25, 0.3) is 0 Å². The number of aromatic nitrogens is 4. The highest BCUT2D eigenvalue weighted by molar-refractivity contribution is 5.90. The molecule has 4 N–H and O–H groups in total. The normalized spacial score (nSPS) is 14.4. The number of nitrogens with one attached hydrogen (secondary N) is 1. The summed E-state index contributed by atoms with van der Waals surface area (Å²) < 4.78 is 1.84. The molecule has 1 aliphatic heterocycles. The largest absolute Gasteiger partial charge is 0.476 e. The third-order valence-electron chi connectivity index (χ3n) is 3.03. The molecule has 0 aromatic carbocycles. The van der Waals surface area contributed by atoms with Crippen molar-refractivity contribution in [1.29, 1.82) is 0 Å². The van der Waals surface area contributed by atoms with E-state index < -0.39 is 5.97 Å². The summed E-state index contributed by atoms with van der Waals surface area (Å²) in [5, 5.41) is 16.4. The lowest BCUT2D eigenvalue weighted by Gasteiger charge is -2.27. The first-order valence-electron chi connectivity index (χ1n) is 5.76. The fourth-order valence-corrected chi connectivity index (χ4v) is 1.83. The van der Waals surface area contributed by atoms with Gasteiger partial charge in [0.05, 0.1) is 24.1 Å². The molecule has 3 rings (SSSR count). The molecule has 2 aromatic heterocycles. The summed E-state index contributed by atoms with van der Waals surface area (Å²) in [6, 6.07) is 0.342. The van der Waals surface area contributed by atoms with Crippen LogP contribution in [0.1, 0.15) is 16.5 Å². The summed E-state index contributed by atoms with van der Waals surface area (Å²) in [6.45, 7) is 1.77. The van der Waals surface area contributed by atoms with Crippen molar-refractivity contribution in [1.82, 2.24) is 25.1 Å². The minimum absolute atomic E-state index is 0. The van der Waals surface area contributed by atoms with Gasteiger partial charge in [0.1, 0.15) is 0 Å². The molecular formula is C11H13ClN6O2. The molecule has 0 atom stereocenters. The number of carbonyl (C=O) groups is 1. The number of hydrogen-bond acceptors (Lipinski definition) is 6. The van der Waals surface area contributed by atoms with Gasteiger partial charge in [-0.1, -0.05) is 0 Å². The second-order valence-corrected chi connectivity index (χ2v) is 4.32. The van der Waals surface area contributed by atoms with Crippen molar-refractivity contribution in [3.63, 3.8) is 0 Å². The minimum atomic E-state index is -1.19. The first-order chi connectivity index (χ1) is 9.15. The third kappa shape index (κ3) is 2.43. The van der Waals surface area contributed by atoms with E-state index in [9.17, 15) is 4.79 Å². The monoisotopic (exact) mass is 296 g/mol. The van der Waals surface area contributed by atoms with Crippen molar-refractivity contribution in [3.8, 4) is 11.3 Å². The standard InChI is InChI=1S/C11H12N6O2.ClH/c12-10-9(11(18)19)16-8(4-14-10)6-1-15-17(5-6)7-2-13-3-7;/h1,4-5,7,13H,2-3H2,(H2,12,14)(H,18,19);1H. The molecule has 8 nitrogen and oxygen atoms in total. The van der Waals surface area contributed by atoms with Gasteiger partial charge in [0, 0.05) is 24.8 Å². The smallest absolute Gasteiger partial charge is 0.358 e. The van der Waals surface area contributed by atoms with Crippen molar-refractivity contribution in [3.05, 3.63) is 24.3 Å². The summed E-state index contributed by atoms with van der Waals surface area (Å²) in [6.07, 6.45) is 4.92. The molecule has 0 bridgehead atoms. The van der Waals surface area contributed by atoms with Gasteiger partial charge in [-0.25, -0.2) is 14.8 Å². The van der Waals surface area contributed by atoms with Crippen LogP contribution in [0.4, 0.5) is 5.82 Å². The van der Waals surface area contributed by atoms with Gasteiger partial charge in [-0.3, -0.25) is 4.68 Å². The quantitative estimate of drug-likeness (QED) is 0.739. The van der Waals surface area contributed by atoms with Crippen LogP contribution in [0.2, 0.25) is 0 Å². The number of nitrogen functional groups attached to an aromatic ring is 1. The van der Waals surface area contributed by atoms with Crippen LogP contribution >= 0.6 is 12.4 Å². The minimum Gasteiger partial charge on any atom is -0.476 e. The van der Waals surface area contributed by atoms with E-state index in [1.54, 1.807) is 6.20 Å². The predicted octanol–water partition coefficient (Wildman–Crippen LogP) is 0.187. The van der Waals surface area contributed by atoms with Crippen LogP contribution in [-0.4, -0.2) is 43.9 Å². The molecule has 9 heteroatoms. The topological polar surface area (TPSA) is 119 Å². The van der Waals surface area contributed by atoms with Crippen molar-refractivity contribution in [2.24, 2.45) is 0 Å². The van der Waals surface area contributed by atoms with Gasteiger partial charge in [0.2, 0.25) is 0 Å². The van der Waals surface area contributed by atoms with Crippen LogP contribution in [-0.2, 0) is 0 Å². The Kier molecular flexibility index (Phi) is 3.86. The second-order valence-electron chi connectivity index (χ2n) is 4.32. The number of halogens is 1. The zero-order valence-electron chi connectivity index (χ0n) is 10.4. The molecule has 0 aliphatic carbocycles. The predicted molar refractivity (Wildman–Crippen MR) is 73.8 cm³/mol. The van der Waals surface area contributed by atoms with Crippen LogP contribution in [0.5, 0.6) is 0 Å². The van der Waals surface area contributed by atoms with Crippen LogP contribution in [0, 0.1) is 0 Å². The van der Waals surface area contributed by atoms with Gasteiger partial charge >= 0.3 is 5.97 Å². The molecule has 2 aromatic rings. The zero-order chi connectivity index (χ0) is 13.4. The number of hydrogen-bond donors (Lipinski definition) is 3. The zero-order valence-corrected chi connectivity index (χ0v) is 11.2. The highest BCUT2D eigenvalue weighted by Gasteiger charge is 2.20. The van der Waals surface area contributed by atoms with Crippen LogP contribution in [0.15, 0.2) is 18.6 Å². The van der Waals surface area contributed by atoms with Crippen LogP contribution < -0.4 is 11.1 Å². The summed E-state index contributed by atoms with van der Waals surface area (Å²) in [4.78, 5) is 18.8. The lowest BCUT2D eigenvalue weighted by atomic mass is 10.2. The summed E-state index contributed by atoms with van der Waals surface area (Å²) >= 11 is 0. The summed E-state index contributed by atoms with van der Waals surface area (Å²) in [5.74, 6) is -1.28. The summed E-state index contributed by atoms with van der Waals surface area (Å²) in [7, 11) is 0. The van der Waals surface area contributed by atoms with Gasteiger partial charge in [-0.2, -0.15) is 5.10 Å². The lowest BCUT2D eigenvalue weighted by molar-refractivity contribution is 0.0691. The summed E-state index contributed by atoms with van der Waals surface area (Å²) in [5.41, 5.74) is 6.40. The van der Waals surface area contributed by atoms with E-state index >= 15 is 0 Å². The molecule has 0 saturated carbocycles. The number of nitrogens with zero attached hydrogens (tertiary/aromatic N) is 4. The first-order valence-corrected chi connectivity index (χ1v) is 5.76. The van der Waals surface area contributed by atoms with E-state index in [4.69, 9.17) is 10.8 Å². The van der Waals surface area contributed by atoms with Crippen molar-refractivity contribution in [2.45, 2.75) is 6.04 Å². The highest BCUT2D eigenvalue weighted by atomic mass is 35.5. The molecular weight excluding hydrogens is 284 g/mol. The molecule has 0 unspecified atom stereocenters. The van der Waals surface area contributed by atoms with E-state index in [2.05, 4.69) is 20.4 Å². The Balaban J connectivity index is 0.00000147. The van der Waals surface area contributed by atoms with Crippen molar-refractivity contribution in [2.75, 3.05) is 18.8 Å². The van der Waals surface area contributed by atoms with Gasteiger partial charge in [-0.15, -0.1) is 12.4 Å². The maximum atomic E-state index is 11.0. The lowest BCUT2D eigenvalue weighted by Crippen LogP contribution is -2.43. The fraction of sp³-hybridized carbons (Fsp3) is 0.273. The molecule has 1 saturated heterocycles. The number of carboxylic acids is 1. The van der Waals surface area contributed by atoms with Gasteiger partial charge in [-0.05, 0) is 0 Å². The fourth-order valence-electron chi connectivity index (χ4n) is 1.83. The Morgan fingerprint density at radius 1 is 1.45 bits per heavy atom. The van der Waals surface area contributed by atoms with Crippen LogP contribution in [0.3, 0.4) is 0 Å². The second kappa shape index (κ2) is 5.43. The van der Waals surface area contributed by atoms with Gasteiger partial charge < -0.3 is 16.2 Å². The van der Waals surface area contributed by atoms with E-state index in [0.29, 0.717) is 11.7 Å². The molecule has 0 amide bonds. The van der Waals surface area contributed by atoms with E-state index in [0.717, 1.165) is 18.7 Å². The third-order valence-corrected chi connectivity index (χ3v) is 3.03. The first kappa shape index (κ1) is 14.2. The van der Waals surface area contributed by atoms with Crippen LogP contribution in [0.25, 0.3) is 11.3 Å². The Morgan fingerprint density at radius 2 is 2.20 bits per heavy atom. The Hall–Kier alpha value is -2.19. The molecule has 1 aliphatic rings. The van der Waals surface area contributed by atoms with Gasteiger partial charge in [0.15, 0.2) is 11.5 Å². The molecule has 1 fully saturated rings. The maximum absolute atomic E-state index is 11.0. The number of nitrogens with two attached hydrogens (primary N) is 1. The molecule has 20 heavy (non-hydrogen) atoms. The Bertz CT molecular complexity index is 640. The van der Waals surface area contributed by atoms with E-state index in [1.807, 2.05) is 10.9 Å². The number of anilines is 1. The SMILES string of the molecule is Cl.Nc1ncc(-c2cnn(C3CNC3)c2)nc1C(=O)O. The van der Waals surface area contributed by atoms with E-state index in [1.165, 1.54) is 6.20 Å². The Labute approximate surface area is 120 Å². The number of rotatable bonds is 3. The molecule has 0 spiro atoms. The average Bonchev–Trinajstić information content (AvgIpc) is 2.76. The molecule has 3 heterocycles. The highest BCUT2D eigenvalue weighted by Crippen LogP contribution is 2.20. The van der Waals surface area contributed by atoms with Crippen molar-refractivity contribution >= 4 is 24.2 Å². The molecule has 0 radical (unpaired) electrons. The van der Waals surface area contributed by atoms with Crippen molar-refractivity contribution < 1.29 is 9.90 Å². The number of carboxylic acid groups (broad SMARTS) is 1. The number of aromatic carboxylic acids is 1.